The van der Waals surface area contributed by atoms with Crippen molar-refractivity contribution in [2.45, 2.75) is 12.3 Å². The molecule has 1 aromatic carbocycles. The van der Waals surface area contributed by atoms with Crippen LogP contribution in [0.3, 0.4) is 0 Å². The van der Waals surface area contributed by atoms with Crippen LogP contribution in [0.15, 0.2) is 36.5 Å². The number of ether oxygens (including phenoxy) is 1. The molecule has 0 aliphatic carbocycles. The fraction of sp³-hybridized carbons (Fsp3) is 0.267. The van der Waals surface area contributed by atoms with Crippen LogP contribution < -0.4 is 10.1 Å². The van der Waals surface area contributed by atoms with Crippen molar-refractivity contribution >= 4 is 0 Å². The van der Waals surface area contributed by atoms with E-state index < -0.39 is 0 Å². The van der Waals surface area contributed by atoms with Gasteiger partial charge in [-0.25, -0.2) is 4.39 Å². The topological polar surface area (TPSA) is 34.2 Å². The molecule has 0 radical (unpaired) electrons. The fourth-order valence-corrected chi connectivity index (χ4v) is 2.51. The van der Waals surface area contributed by atoms with E-state index in [2.05, 4.69) is 10.3 Å². The Morgan fingerprint density at radius 3 is 3.11 bits per heavy atom. The minimum atomic E-state index is -0.324. The number of rotatable bonds is 2. The van der Waals surface area contributed by atoms with Crippen LogP contribution in [0.25, 0.3) is 0 Å². The van der Waals surface area contributed by atoms with Crippen LogP contribution in [0.1, 0.15) is 17.2 Å². The van der Waals surface area contributed by atoms with E-state index in [0.29, 0.717) is 11.5 Å². The predicted octanol–water partition coefficient (Wildman–Crippen LogP) is 2.87. The number of nitrogens with zero attached hydrogens (tertiary/aromatic N) is 1. The summed E-state index contributed by atoms with van der Waals surface area (Å²) < 4.78 is 19.7. The van der Waals surface area contributed by atoms with E-state index in [1.165, 1.54) is 6.07 Å². The maximum Gasteiger partial charge on any atom is 0.166 e. The van der Waals surface area contributed by atoms with Crippen LogP contribution in [-0.4, -0.2) is 18.6 Å². The highest BCUT2D eigenvalue weighted by Gasteiger charge is 2.25. The molecule has 1 unspecified atom stereocenters. The first-order valence-corrected chi connectivity index (χ1v) is 6.34. The Morgan fingerprint density at radius 1 is 1.37 bits per heavy atom. The Morgan fingerprint density at radius 2 is 2.26 bits per heavy atom. The van der Waals surface area contributed by atoms with Gasteiger partial charge in [0.05, 0.1) is 5.69 Å². The van der Waals surface area contributed by atoms with Gasteiger partial charge in [-0.3, -0.25) is 4.98 Å². The molecule has 0 fully saturated rings. The third-order valence-electron chi connectivity index (χ3n) is 3.39. The van der Waals surface area contributed by atoms with Gasteiger partial charge < -0.3 is 10.1 Å². The molecule has 0 spiro atoms. The van der Waals surface area contributed by atoms with E-state index in [1.54, 1.807) is 18.3 Å². The van der Waals surface area contributed by atoms with Crippen molar-refractivity contribution in [3.05, 3.63) is 53.6 Å². The molecule has 1 aromatic heterocycles. The zero-order valence-corrected chi connectivity index (χ0v) is 10.7. The van der Waals surface area contributed by atoms with Crippen LogP contribution in [-0.2, 0) is 6.42 Å². The average Bonchev–Trinajstić information content (AvgIpc) is 2.57. The lowest BCUT2D eigenvalue weighted by Crippen LogP contribution is -2.19. The van der Waals surface area contributed by atoms with E-state index in [4.69, 9.17) is 4.74 Å². The lowest BCUT2D eigenvalue weighted by molar-refractivity contribution is 0.436. The summed E-state index contributed by atoms with van der Waals surface area (Å²) in [7, 11) is 1.89. The standard InChI is InChI=1S/C15H15FN2O/c1-17-9-10-8-13-14(6-3-7-18-13)19-15-11(10)4-2-5-12(15)16/h2-7,10,17H,8-9H2,1H3. The summed E-state index contributed by atoms with van der Waals surface area (Å²) in [5.41, 5.74) is 1.77. The van der Waals surface area contributed by atoms with Crippen LogP contribution >= 0.6 is 0 Å². The Labute approximate surface area is 111 Å². The number of fused-ring (bicyclic) bond motifs is 2. The number of hydrogen-bond donors (Lipinski definition) is 1. The van der Waals surface area contributed by atoms with Gasteiger partial charge in [-0.2, -0.15) is 0 Å². The molecule has 0 bridgehead atoms. The highest BCUT2D eigenvalue weighted by Crippen LogP contribution is 2.39. The van der Waals surface area contributed by atoms with Gasteiger partial charge in [0.25, 0.3) is 0 Å². The lowest BCUT2D eigenvalue weighted by atomic mass is 9.93. The third kappa shape index (κ3) is 2.19. The number of pyridine rings is 1. The van der Waals surface area contributed by atoms with Crippen molar-refractivity contribution in [2.75, 3.05) is 13.6 Å². The maximum absolute atomic E-state index is 14.0. The molecule has 0 saturated heterocycles. The van der Waals surface area contributed by atoms with Gasteiger partial charge >= 0.3 is 0 Å². The number of likely N-dealkylation sites (N-methyl/N-ethyl adjacent to an activating group) is 1. The summed E-state index contributed by atoms with van der Waals surface area (Å²) in [6, 6.07) is 8.71. The van der Waals surface area contributed by atoms with Crippen molar-refractivity contribution in [3.8, 4) is 11.5 Å². The fourth-order valence-electron chi connectivity index (χ4n) is 2.51. The van der Waals surface area contributed by atoms with E-state index in [0.717, 1.165) is 24.2 Å². The number of aromatic nitrogens is 1. The minimum absolute atomic E-state index is 0.159. The number of hydrogen-bond acceptors (Lipinski definition) is 3. The van der Waals surface area contributed by atoms with Crippen LogP contribution in [0.2, 0.25) is 0 Å². The second-order valence-electron chi connectivity index (χ2n) is 4.67. The average molecular weight is 258 g/mol. The summed E-state index contributed by atoms with van der Waals surface area (Å²) >= 11 is 0. The van der Waals surface area contributed by atoms with Crippen LogP contribution in [0, 0.1) is 5.82 Å². The van der Waals surface area contributed by atoms with Gasteiger partial charge in [-0.1, -0.05) is 12.1 Å². The van der Waals surface area contributed by atoms with Crippen molar-refractivity contribution < 1.29 is 9.13 Å². The molecular weight excluding hydrogens is 243 g/mol. The van der Waals surface area contributed by atoms with Gasteiger partial charge in [0.2, 0.25) is 0 Å². The zero-order chi connectivity index (χ0) is 13.2. The summed E-state index contributed by atoms with van der Waals surface area (Å²) in [6.45, 7) is 0.760. The van der Waals surface area contributed by atoms with Gasteiger partial charge in [0, 0.05) is 30.6 Å². The molecule has 0 saturated carbocycles. The molecule has 2 aromatic rings. The van der Waals surface area contributed by atoms with Gasteiger partial charge in [-0.15, -0.1) is 0 Å². The molecule has 2 heterocycles. The quantitative estimate of drug-likeness (QED) is 0.899. The normalized spacial score (nSPS) is 17.1. The highest BCUT2D eigenvalue weighted by molar-refractivity contribution is 5.45. The van der Waals surface area contributed by atoms with Crippen LogP contribution in [0.5, 0.6) is 11.5 Å². The Hall–Kier alpha value is -1.94. The van der Waals surface area contributed by atoms with Crippen LogP contribution in [0.4, 0.5) is 4.39 Å². The van der Waals surface area contributed by atoms with E-state index in [-0.39, 0.29) is 11.7 Å². The molecule has 1 aliphatic rings. The largest absolute Gasteiger partial charge is 0.452 e. The Balaban J connectivity index is 2.13. The van der Waals surface area contributed by atoms with Gasteiger partial charge in [0.1, 0.15) is 5.75 Å². The first-order valence-electron chi connectivity index (χ1n) is 6.34. The molecule has 1 aliphatic heterocycles. The number of halogens is 1. The molecule has 1 N–H and O–H groups in total. The molecule has 3 rings (SSSR count). The molecule has 3 nitrogen and oxygen atoms in total. The molecule has 19 heavy (non-hydrogen) atoms. The van der Waals surface area contributed by atoms with Gasteiger partial charge in [0.15, 0.2) is 11.6 Å². The minimum Gasteiger partial charge on any atom is -0.452 e. The molecular formula is C15H15FN2O. The Kier molecular flexibility index (Phi) is 3.17. The summed E-state index contributed by atoms with van der Waals surface area (Å²) in [5, 5.41) is 3.15. The SMILES string of the molecule is CNCC1Cc2ncccc2Oc2c(F)cccc21. The van der Waals surface area contributed by atoms with Crippen molar-refractivity contribution in [1.29, 1.82) is 0 Å². The van der Waals surface area contributed by atoms with Crippen molar-refractivity contribution in [1.82, 2.24) is 10.3 Å². The van der Waals surface area contributed by atoms with E-state index >= 15 is 0 Å². The second-order valence-corrected chi connectivity index (χ2v) is 4.67. The molecule has 4 heteroatoms. The monoisotopic (exact) mass is 258 g/mol. The number of benzene rings is 1. The van der Waals surface area contributed by atoms with E-state index in [9.17, 15) is 4.39 Å². The first-order chi connectivity index (χ1) is 9.29. The van der Waals surface area contributed by atoms with Gasteiger partial charge in [-0.05, 0) is 25.2 Å². The van der Waals surface area contributed by atoms with E-state index in [1.807, 2.05) is 19.2 Å². The molecule has 1 atom stereocenters. The summed E-state index contributed by atoms with van der Waals surface area (Å²) in [4.78, 5) is 4.35. The smallest absolute Gasteiger partial charge is 0.166 e. The zero-order valence-electron chi connectivity index (χ0n) is 10.7. The lowest BCUT2D eigenvalue weighted by Gasteiger charge is -2.16. The number of para-hydroxylation sites is 1. The summed E-state index contributed by atoms with van der Waals surface area (Å²) in [6.07, 6.45) is 2.48. The Bertz CT molecular complexity index is 600. The van der Waals surface area contributed by atoms with Crippen molar-refractivity contribution in [3.63, 3.8) is 0 Å². The highest BCUT2D eigenvalue weighted by atomic mass is 19.1. The molecule has 98 valence electrons. The predicted molar refractivity (Wildman–Crippen MR) is 71.1 cm³/mol. The third-order valence-corrected chi connectivity index (χ3v) is 3.39. The van der Waals surface area contributed by atoms with Crippen molar-refractivity contribution in [2.24, 2.45) is 0 Å². The maximum atomic E-state index is 14.0. The first kappa shape index (κ1) is 12.1. The molecule has 0 amide bonds. The number of nitrogens with one attached hydrogen (secondary N) is 1. The second kappa shape index (κ2) is 4.97. The summed E-state index contributed by atoms with van der Waals surface area (Å²) in [5.74, 6) is 0.809.